The Balaban J connectivity index is 1.83. The Morgan fingerprint density at radius 3 is 2.32 bits per heavy atom. The molecule has 136 valence electrons. The summed E-state index contributed by atoms with van der Waals surface area (Å²) in [6.07, 6.45) is 0.749. The van der Waals surface area contributed by atoms with E-state index in [9.17, 15) is 14.4 Å². The first-order valence-corrected chi connectivity index (χ1v) is 9.61. The number of piperazine rings is 1. The lowest BCUT2D eigenvalue weighted by Crippen LogP contribution is -2.52. The number of benzene rings is 1. The van der Waals surface area contributed by atoms with Crippen molar-refractivity contribution in [1.82, 2.24) is 15.1 Å². The SMILES string of the molecule is CCC(C)C(=O)NCC(=O)N1CCN(C(=O)c2ccccc2I)CC1. The highest BCUT2D eigenvalue weighted by atomic mass is 127. The van der Waals surface area contributed by atoms with E-state index in [1.807, 2.05) is 38.1 Å². The molecule has 0 aromatic heterocycles. The minimum Gasteiger partial charge on any atom is -0.347 e. The maximum atomic E-state index is 12.6. The second-order valence-corrected chi connectivity index (χ2v) is 7.34. The number of halogens is 1. The van der Waals surface area contributed by atoms with E-state index in [2.05, 4.69) is 27.9 Å². The van der Waals surface area contributed by atoms with Crippen molar-refractivity contribution in [3.63, 3.8) is 0 Å². The summed E-state index contributed by atoms with van der Waals surface area (Å²) < 4.78 is 0.927. The molecule has 0 aliphatic carbocycles. The van der Waals surface area contributed by atoms with Crippen molar-refractivity contribution < 1.29 is 14.4 Å². The molecule has 1 fully saturated rings. The molecular formula is C18H24IN3O3. The van der Waals surface area contributed by atoms with E-state index in [1.165, 1.54) is 0 Å². The Bertz CT molecular complexity index is 642. The summed E-state index contributed by atoms with van der Waals surface area (Å²) in [5.74, 6) is -0.279. The van der Waals surface area contributed by atoms with Crippen LogP contribution < -0.4 is 5.32 Å². The summed E-state index contributed by atoms with van der Waals surface area (Å²) in [7, 11) is 0. The van der Waals surface area contributed by atoms with Gasteiger partial charge in [-0.2, -0.15) is 0 Å². The van der Waals surface area contributed by atoms with Gasteiger partial charge < -0.3 is 15.1 Å². The summed E-state index contributed by atoms with van der Waals surface area (Å²) in [6, 6.07) is 7.50. The van der Waals surface area contributed by atoms with Gasteiger partial charge >= 0.3 is 0 Å². The third-order valence-electron chi connectivity index (χ3n) is 4.50. The van der Waals surface area contributed by atoms with Crippen LogP contribution in [-0.4, -0.2) is 60.2 Å². The zero-order valence-corrected chi connectivity index (χ0v) is 16.8. The highest BCUT2D eigenvalue weighted by Crippen LogP contribution is 2.15. The topological polar surface area (TPSA) is 69.7 Å². The fourth-order valence-corrected chi connectivity index (χ4v) is 3.22. The average Bonchev–Trinajstić information content (AvgIpc) is 2.65. The van der Waals surface area contributed by atoms with Crippen LogP contribution in [0.3, 0.4) is 0 Å². The number of nitrogens with one attached hydrogen (secondary N) is 1. The average molecular weight is 457 g/mol. The van der Waals surface area contributed by atoms with E-state index in [0.717, 1.165) is 9.99 Å². The lowest BCUT2D eigenvalue weighted by atomic mass is 10.1. The summed E-state index contributed by atoms with van der Waals surface area (Å²) in [6.45, 7) is 5.81. The van der Waals surface area contributed by atoms with Gasteiger partial charge in [-0.25, -0.2) is 0 Å². The van der Waals surface area contributed by atoms with Crippen molar-refractivity contribution >= 4 is 40.3 Å². The Labute approximate surface area is 162 Å². The van der Waals surface area contributed by atoms with Gasteiger partial charge in [0.1, 0.15) is 0 Å². The summed E-state index contributed by atoms with van der Waals surface area (Å²) in [5, 5.41) is 2.69. The van der Waals surface area contributed by atoms with Gasteiger partial charge in [0.25, 0.3) is 5.91 Å². The van der Waals surface area contributed by atoms with Crippen molar-refractivity contribution in [2.24, 2.45) is 5.92 Å². The van der Waals surface area contributed by atoms with E-state index in [1.54, 1.807) is 9.80 Å². The lowest BCUT2D eigenvalue weighted by molar-refractivity contribution is -0.134. The van der Waals surface area contributed by atoms with Crippen LogP contribution in [0.25, 0.3) is 0 Å². The molecule has 1 aliphatic heterocycles. The first-order chi connectivity index (χ1) is 11.9. The molecule has 25 heavy (non-hydrogen) atoms. The second-order valence-electron chi connectivity index (χ2n) is 6.18. The fraction of sp³-hybridized carbons (Fsp3) is 0.500. The molecule has 1 atom stereocenters. The van der Waals surface area contributed by atoms with Crippen molar-refractivity contribution in [2.75, 3.05) is 32.7 Å². The molecular weight excluding hydrogens is 433 g/mol. The zero-order chi connectivity index (χ0) is 18.4. The van der Waals surface area contributed by atoms with Gasteiger partial charge in [-0.05, 0) is 41.1 Å². The third kappa shape index (κ3) is 5.17. The second kappa shape index (κ2) is 9.17. The lowest BCUT2D eigenvalue weighted by Gasteiger charge is -2.35. The van der Waals surface area contributed by atoms with Crippen molar-refractivity contribution in [2.45, 2.75) is 20.3 Å². The van der Waals surface area contributed by atoms with E-state index in [-0.39, 0.29) is 30.2 Å². The molecule has 2 rings (SSSR count). The van der Waals surface area contributed by atoms with Crippen LogP contribution >= 0.6 is 22.6 Å². The van der Waals surface area contributed by atoms with Crippen LogP contribution in [-0.2, 0) is 9.59 Å². The van der Waals surface area contributed by atoms with Crippen LogP contribution in [0, 0.1) is 9.49 Å². The van der Waals surface area contributed by atoms with E-state index >= 15 is 0 Å². The molecule has 1 aromatic carbocycles. The summed E-state index contributed by atoms with van der Waals surface area (Å²) in [5.41, 5.74) is 0.698. The van der Waals surface area contributed by atoms with Gasteiger partial charge in [-0.1, -0.05) is 26.0 Å². The molecule has 7 heteroatoms. The predicted octanol–water partition coefficient (Wildman–Crippen LogP) is 1.74. The quantitative estimate of drug-likeness (QED) is 0.686. The van der Waals surface area contributed by atoms with Gasteiger partial charge in [-0.15, -0.1) is 0 Å². The maximum absolute atomic E-state index is 12.6. The summed E-state index contributed by atoms with van der Waals surface area (Å²) >= 11 is 2.16. The van der Waals surface area contributed by atoms with Crippen LogP contribution in [0.15, 0.2) is 24.3 Å². The number of nitrogens with zero attached hydrogens (tertiary/aromatic N) is 2. The standard InChI is InChI=1S/C18H24IN3O3/c1-3-13(2)17(24)20-12-16(23)21-8-10-22(11-9-21)18(25)14-6-4-5-7-15(14)19/h4-7,13H,3,8-12H2,1-2H3,(H,20,24). The predicted molar refractivity (Wildman–Crippen MR) is 104 cm³/mol. The molecule has 1 saturated heterocycles. The zero-order valence-electron chi connectivity index (χ0n) is 14.6. The highest BCUT2D eigenvalue weighted by Gasteiger charge is 2.26. The van der Waals surface area contributed by atoms with E-state index in [0.29, 0.717) is 31.7 Å². The van der Waals surface area contributed by atoms with Crippen LogP contribution in [0.1, 0.15) is 30.6 Å². The minimum atomic E-state index is -0.0990. The normalized spacial score (nSPS) is 15.6. The molecule has 0 spiro atoms. The van der Waals surface area contributed by atoms with Gasteiger partial charge in [0.15, 0.2) is 0 Å². The smallest absolute Gasteiger partial charge is 0.255 e. The van der Waals surface area contributed by atoms with Gasteiger partial charge in [-0.3, -0.25) is 14.4 Å². The maximum Gasteiger partial charge on any atom is 0.255 e. The number of rotatable bonds is 5. The Kier molecular flexibility index (Phi) is 7.22. The van der Waals surface area contributed by atoms with Crippen LogP contribution in [0.4, 0.5) is 0 Å². The molecule has 1 aromatic rings. The largest absolute Gasteiger partial charge is 0.347 e. The fourth-order valence-electron chi connectivity index (χ4n) is 2.60. The van der Waals surface area contributed by atoms with Crippen molar-refractivity contribution in [3.8, 4) is 0 Å². The van der Waals surface area contributed by atoms with Crippen LogP contribution in [0.5, 0.6) is 0 Å². The van der Waals surface area contributed by atoms with Crippen molar-refractivity contribution in [1.29, 1.82) is 0 Å². The van der Waals surface area contributed by atoms with Gasteiger partial charge in [0.2, 0.25) is 11.8 Å². The Morgan fingerprint density at radius 1 is 1.12 bits per heavy atom. The van der Waals surface area contributed by atoms with E-state index < -0.39 is 0 Å². The molecule has 1 aliphatic rings. The molecule has 3 amide bonds. The first kappa shape index (κ1) is 19.7. The van der Waals surface area contributed by atoms with Crippen molar-refractivity contribution in [3.05, 3.63) is 33.4 Å². The number of carbonyl (C=O) groups excluding carboxylic acids is 3. The Morgan fingerprint density at radius 2 is 1.72 bits per heavy atom. The molecule has 6 nitrogen and oxygen atoms in total. The minimum absolute atomic E-state index is 0.00201. The third-order valence-corrected chi connectivity index (χ3v) is 5.44. The van der Waals surface area contributed by atoms with Gasteiger partial charge in [0, 0.05) is 35.7 Å². The highest BCUT2D eigenvalue weighted by molar-refractivity contribution is 14.1. The number of amides is 3. The number of hydrogen-bond acceptors (Lipinski definition) is 3. The molecule has 1 N–H and O–H groups in total. The molecule has 0 bridgehead atoms. The molecule has 1 unspecified atom stereocenters. The monoisotopic (exact) mass is 457 g/mol. The molecule has 0 radical (unpaired) electrons. The number of carbonyl (C=O) groups is 3. The molecule has 1 heterocycles. The Hall–Kier alpha value is -1.64. The van der Waals surface area contributed by atoms with Gasteiger partial charge in [0.05, 0.1) is 12.1 Å². The molecule has 0 saturated carbocycles. The summed E-state index contributed by atoms with van der Waals surface area (Å²) in [4.78, 5) is 40.0. The first-order valence-electron chi connectivity index (χ1n) is 8.53. The van der Waals surface area contributed by atoms with Crippen LogP contribution in [0.2, 0.25) is 0 Å². The van der Waals surface area contributed by atoms with E-state index in [4.69, 9.17) is 0 Å². The number of hydrogen-bond donors (Lipinski definition) is 1.